The number of benzene rings is 1. The first-order valence-corrected chi connectivity index (χ1v) is 5.11. The molecule has 0 fully saturated rings. The maximum absolute atomic E-state index is 10.5. The quantitative estimate of drug-likeness (QED) is 0.752. The largest absolute Gasteiger partial charge is 0.481 e. The predicted octanol–water partition coefficient (Wildman–Crippen LogP) is 2.02. The number of carboxylic acid groups (broad SMARTS) is 1. The Bertz CT molecular complexity index is 295. The zero-order valence-electron chi connectivity index (χ0n) is 8.60. The van der Waals surface area contributed by atoms with Crippen molar-refractivity contribution in [3.8, 4) is 0 Å². The Hall–Kier alpha value is -1.35. The summed E-state index contributed by atoms with van der Waals surface area (Å²) in [5.74, 6) is -0.638. The van der Waals surface area contributed by atoms with Crippen LogP contribution in [-0.4, -0.2) is 22.8 Å². The molecular formula is C12H16O3. The van der Waals surface area contributed by atoms with Gasteiger partial charge in [-0.3, -0.25) is 4.79 Å². The van der Waals surface area contributed by atoms with Crippen LogP contribution in [0.25, 0.3) is 0 Å². The number of aliphatic carboxylic acids is 1. The molecule has 82 valence electrons. The number of aliphatic hydroxyl groups is 1. The molecule has 0 saturated heterocycles. The van der Waals surface area contributed by atoms with E-state index >= 15 is 0 Å². The molecule has 1 rings (SSSR count). The van der Waals surface area contributed by atoms with Gasteiger partial charge in [0.25, 0.3) is 0 Å². The lowest BCUT2D eigenvalue weighted by molar-refractivity contribution is -0.137. The Morgan fingerprint density at radius 1 is 1.20 bits per heavy atom. The van der Waals surface area contributed by atoms with E-state index in [-0.39, 0.29) is 18.9 Å². The standard InChI is InChI=1S/C12H16O3/c13-9-8-11(6-7-12(14)15)10-4-2-1-3-5-10/h1-5,11,13H,6-9H2,(H,14,15). The molecule has 0 aliphatic carbocycles. The van der Waals surface area contributed by atoms with Crippen LogP contribution in [0.2, 0.25) is 0 Å². The van der Waals surface area contributed by atoms with Crippen molar-refractivity contribution >= 4 is 5.97 Å². The van der Waals surface area contributed by atoms with Crippen molar-refractivity contribution in [1.29, 1.82) is 0 Å². The Kier molecular flexibility index (Phi) is 4.84. The first-order chi connectivity index (χ1) is 7.24. The van der Waals surface area contributed by atoms with Gasteiger partial charge in [-0.25, -0.2) is 0 Å². The van der Waals surface area contributed by atoms with Gasteiger partial charge < -0.3 is 10.2 Å². The predicted molar refractivity (Wildman–Crippen MR) is 57.8 cm³/mol. The van der Waals surface area contributed by atoms with Crippen LogP contribution >= 0.6 is 0 Å². The molecule has 1 atom stereocenters. The van der Waals surface area contributed by atoms with Crippen LogP contribution < -0.4 is 0 Å². The van der Waals surface area contributed by atoms with Gasteiger partial charge in [0.1, 0.15) is 0 Å². The smallest absolute Gasteiger partial charge is 0.303 e. The maximum Gasteiger partial charge on any atom is 0.303 e. The summed E-state index contributed by atoms with van der Waals surface area (Å²) in [6.45, 7) is 0.0964. The van der Waals surface area contributed by atoms with Gasteiger partial charge in [0, 0.05) is 13.0 Å². The SMILES string of the molecule is O=C(O)CCC(CCO)c1ccccc1. The number of rotatable bonds is 6. The Balaban J connectivity index is 2.61. The molecule has 3 heteroatoms. The van der Waals surface area contributed by atoms with Gasteiger partial charge in [-0.05, 0) is 24.3 Å². The van der Waals surface area contributed by atoms with Crippen LogP contribution in [0.5, 0.6) is 0 Å². The van der Waals surface area contributed by atoms with E-state index in [0.717, 1.165) is 5.56 Å². The fourth-order valence-corrected chi connectivity index (χ4v) is 1.66. The van der Waals surface area contributed by atoms with E-state index in [4.69, 9.17) is 10.2 Å². The topological polar surface area (TPSA) is 57.5 Å². The highest BCUT2D eigenvalue weighted by molar-refractivity contribution is 5.66. The minimum Gasteiger partial charge on any atom is -0.481 e. The zero-order valence-corrected chi connectivity index (χ0v) is 8.60. The van der Waals surface area contributed by atoms with Crippen LogP contribution in [-0.2, 0) is 4.79 Å². The van der Waals surface area contributed by atoms with Gasteiger partial charge >= 0.3 is 5.97 Å². The van der Waals surface area contributed by atoms with Crippen molar-refractivity contribution in [1.82, 2.24) is 0 Å². The Morgan fingerprint density at radius 2 is 1.87 bits per heavy atom. The second-order valence-corrected chi connectivity index (χ2v) is 3.55. The highest BCUT2D eigenvalue weighted by atomic mass is 16.4. The second-order valence-electron chi connectivity index (χ2n) is 3.55. The van der Waals surface area contributed by atoms with Gasteiger partial charge in [-0.1, -0.05) is 30.3 Å². The number of carboxylic acids is 1. The lowest BCUT2D eigenvalue weighted by Crippen LogP contribution is -2.05. The Labute approximate surface area is 89.4 Å². The molecule has 0 heterocycles. The monoisotopic (exact) mass is 208 g/mol. The van der Waals surface area contributed by atoms with Crippen LogP contribution in [0.15, 0.2) is 30.3 Å². The molecule has 0 spiro atoms. The van der Waals surface area contributed by atoms with Crippen molar-refractivity contribution in [2.75, 3.05) is 6.61 Å². The van der Waals surface area contributed by atoms with Gasteiger partial charge in [0.15, 0.2) is 0 Å². The average molecular weight is 208 g/mol. The summed E-state index contributed by atoms with van der Waals surface area (Å²) in [4.78, 5) is 10.5. The van der Waals surface area contributed by atoms with E-state index < -0.39 is 5.97 Å². The van der Waals surface area contributed by atoms with Crippen molar-refractivity contribution < 1.29 is 15.0 Å². The molecule has 1 aromatic carbocycles. The highest BCUT2D eigenvalue weighted by Crippen LogP contribution is 2.24. The fraction of sp³-hybridized carbons (Fsp3) is 0.417. The second kappa shape index (κ2) is 6.19. The number of carbonyl (C=O) groups is 1. The summed E-state index contributed by atoms with van der Waals surface area (Å²) in [7, 11) is 0. The number of aliphatic hydroxyl groups excluding tert-OH is 1. The third-order valence-corrected chi connectivity index (χ3v) is 2.46. The van der Waals surface area contributed by atoms with E-state index in [2.05, 4.69) is 0 Å². The van der Waals surface area contributed by atoms with Crippen molar-refractivity contribution in [2.24, 2.45) is 0 Å². The van der Waals surface area contributed by atoms with E-state index in [0.29, 0.717) is 12.8 Å². The molecule has 0 bridgehead atoms. The van der Waals surface area contributed by atoms with Gasteiger partial charge in [0.2, 0.25) is 0 Å². The average Bonchev–Trinajstić information content (AvgIpc) is 2.25. The van der Waals surface area contributed by atoms with Crippen molar-refractivity contribution in [3.05, 3.63) is 35.9 Å². The van der Waals surface area contributed by atoms with Gasteiger partial charge in [-0.2, -0.15) is 0 Å². The molecule has 1 unspecified atom stereocenters. The third-order valence-electron chi connectivity index (χ3n) is 2.46. The summed E-state index contributed by atoms with van der Waals surface area (Å²) in [5.41, 5.74) is 1.10. The van der Waals surface area contributed by atoms with E-state index in [1.807, 2.05) is 30.3 Å². The summed E-state index contributed by atoms with van der Waals surface area (Å²) < 4.78 is 0. The van der Waals surface area contributed by atoms with Crippen LogP contribution in [0.4, 0.5) is 0 Å². The molecule has 0 amide bonds. The molecule has 15 heavy (non-hydrogen) atoms. The van der Waals surface area contributed by atoms with E-state index in [1.54, 1.807) is 0 Å². The number of hydrogen-bond acceptors (Lipinski definition) is 2. The maximum atomic E-state index is 10.5. The summed E-state index contributed by atoms with van der Waals surface area (Å²) >= 11 is 0. The Morgan fingerprint density at radius 3 is 2.40 bits per heavy atom. The molecule has 3 nitrogen and oxygen atoms in total. The number of hydrogen-bond donors (Lipinski definition) is 2. The van der Waals surface area contributed by atoms with Crippen LogP contribution in [0.1, 0.15) is 30.7 Å². The zero-order chi connectivity index (χ0) is 11.1. The molecule has 0 aliphatic rings. The molecule has 0 aliphatic heterocycles. The minimum atomic E-state index is -0.783. The van der Waals surface area contributed by atoms with E-state index in [1.165, 1.54) is 0 Å². The normalized spacial score (nSPS) is 12.3. The lowest BCUT2D eigenvalue weighted by atomic mass is 9.91. The van der Waals surface area contributed by atoms with E-state index in [9.17, 15) is 4.79 Å². The van der Waals surface area contributed by atoms with Crippen LogP contribution in [0, 0.1) is 0 Å². The minimum absolute atomic E-state index is 0.0964. The third kappa shape index (κ3) is 4.13. The summed E-state index contributed by atoms with van der Waals surface area (Å²) in [6.07, 6.45) is 1.36. The molecule has 2 N–H and O–H groups in total. The first-order valence-electron chi connectivity index (χ1n) is 5.11. The fourth-order valence-electron chi connectivity index (χ4n) is 1.66. The summed E-state index contributed by atoms with van der Waals surface area (Å²) in [6, 6.07) is 9.74. The molecule has 0 saturated carbocycles. The summed E-state index contributed by atoms with van der Waals surface area (Å²) in [5, 5.41) is 17.5. The van der Waals surface area contributed by atoms with Gasteiger partial charge in [0.05, 0.1) is 0 Å². The van der Waals surface area contributed by atoms with Crippen molar-refractivity contribution in [2.45, 2.75) is 25.2 Å². The van der Waals surface area contributed by atoms with Crippen LogP contribution in [0.3, 0.4) is 0 Å². The van der Waals surface area contributed by atoms with Gasteiger partial charge in [-0.15, -0.1) is 0 Å². The highest BCUT2D eigenvalue weighted by Gasteiger charge is 2.12. The van der Waals surface area contributed by atoms with Crippen molar-refractivity contribution in [3.63, 3.8) is 0 Å². The molecule has 1 aromatic rings. The first kappa shape index (κ1) is 11.7. The molecule has 0 radical (unpaired) electrons. The molecular weight excluding hydrogens is 192 g/mol. The lowest BCUT2D eigenvalue weighted by Gasteiger charge is -2.14. The molecule has 0 aromatic heterocycles.